The lowest BCUT2D eigenvalue weighted by Gasteiger charge is -2.40. The van der Waals surface area contributed by atoms with E-state index in [0.29, 0.717) is 30.2 Å². The number of piperidine rings is 1. The maximum absolute atomic E-state index is 12.9. The van der Waals surface area contributed by atoms with Gasteiger partial charge in [0.05, 0.1) is 7.11 Å². The Kier molecular flexibility index (Phi) is 7.68. The zero-order valence-corrected chi connectivity index (χ0v) is 22.4. The van der Waals surface area contributed by atoms with Crippen LogP contribution in [0.5, 0.6) is 5.75 Å². The Morgan fingerprint density at radius 2 is 1.69 bits per heavy atom. The number of likely N-dealkylation sites (tertiary alicyclic amines) is 3. The van der Waals surface area contributed by atoms with E-state index in [1.807, 2.05) is 12.1 Å². The fourth-order valence-corrected chi connectivity index (χ4v) is 6.84. The standard InChI is InChI=1S/C31H43N3O2/c1-24(2)18-33-21-27(29(22-33)26-7-5-4-6-8-26)20-32-15-13-31(14-16-32)17-30(35)34(23-31)19-25-9-11-28(36-3)12-10-25/h4-12,24,27,29H,13-23H2,1-3H3/t27-,29+/m0/s1. The van der Waals surface area contributed by atoms with E-state index in [1.54, 1.807) is 7.11 Å². The Bertz CT molecular complexity index is 998. The van der Waals surface area contributed by atoms with Crippen LogP contribution in [-0.2, 0) is 11.3 Å². The summed E-state index contributed by atoms with van der Waals surface area (Å²) in [5, 5.41) is 0. The Hall–Kier alpha value is -2.37. The molecule has 36 heavy (non-hydrogen) atoms. The molecule has 3 fully saturated rings. The lowest BCUT2D eigenvalue weighted by atomic mass is 9.77. The first-order chi connectivity index (χ1) is 17.4. The fourth-order valence-electron chi connectivity index (χ4n) is 6.84. The van der Waals surface area contributed by atoms with Crippen molar-refractivity contribution in [1.29, 1.82) is 0 Å². The van der Waals surface area contributed by atoms with Gasteiger partial charge in [0.15, 0.2) is 0 Å². The maximum Gasteiger partial charge on any atom is 0.223 e. The molecular formula is C31H43N3O2. The summed E-state index contributed by atoms with van der Waals surface area (Å²) in [6.07, 6.45) is 2.99. The summed E-state index contributed by atoms with van der Waals surface area (Å²) in [5.41, 5.74) is 2.84. The van der Waals surface area contributed by atoms with Crippen molar-refractivity contribution in [3.05, 3.63) is 65.7 Å². The summed E-state index contributed by atoms with van der Waals surface area (Å²) >= 11 is 0. The highest BCUT2D eigenvalue weighted by Gasteiger charge is 2.45. The van der Waals surface area contributed by atoms with Gasteiger partial charge in [0.2, 0.25) is 5.91 Å². The number of carbonyl (C=O) groups is 1. The molecule has 2 aromatic carbocycles. The second kappa shape index (κ2) is 10.9. The second-order valence-electron chi connectivity index (χ2n) is 12.0. The number of benzene rings is 2. The molecule has 0 bridgehead atoms. The van der Waals surface area contributed by atoms with E-state index < -0.39 is 0 Å². The molecule has 2 aromatic rings. The summed E-state index contributed by atoms with van der Waals surface area (Å²) in [7, 11) is 1.69. The van der Waals surface area contributed by atoms with Gasteiger partial charge in [-0.05, 0) is 66.4 Å². The van der Waals surface area contributed by atoms with Crippen LogP contribution in [0.1, 0.15) is 50.2 Å². The smallest absolute Gasteiger partial charge is 0.223 e. The van der Waals surface area contributed by atoms with Gasteiger partial charge in [-0.25, -0.2) is 0 Å². The lowest BCUT2D eigenvalue weighted by Crippen LogP contribution is -2.44. The molecule has 3 aliphatic heterocycles. The molecule has 5 rings (SSSR count). The monoisotopic (exact) mass is 489 g/mol. The number of rotatable bonds is 8. The lowest BCUT2D eigenvalue weighted by molar-refractivity contribution is -0.128. The van der Waals surface area contributed by atoms with E-state index in [-0.39, 0.29) is 5.41 Å². The van der Waals surface area contributed by atoms with Crippen LogP contribution in [-0.4, -0.2) is 73.5 Å². The molecule has 5 nitrogen and oxygen atoms in total. The molecule has 0 N–H and O–H groups in total. The number of methoxy groups -OCH3 is 1. The van der Waals surface area contributed by atoms with Crippen molar-refractivity contribution in [2.24, 2.45) is 17.3 Å². The first kappa shape index (κ1) is 25.3. The van der Waals surface area contributed by atoms with Crippen molar-refractivity contribution in [1.82, 2.24) is 14.7 Å². The van der Waals surface area contributed by atoms with Gasteiger partial charge in [-0.15, -0.1) is 0 Å². The van der Waals surface area contributed by atoms with E-state index >= 15 is 0 Å². The average molecular weight is 490 g/mol. The minimum Gasteiger partial charge on any atom is -0.497 e. The molecule has 0 unspecified atom stereocenters. The van der Waals surface area contributed by atoms with Crippen LogP contribution in [0.2, 0.25) is 0 Å². The Morgan fingerprint density at radius 3 is 2.36 bits per heavy atom. The van der Waals surface area contributed by atoms with Gasteiger partial charge in [-0.3, -0.25) is 4.79 Å². The third-order valence-corrected chi connectivity index (χ3v) is 8.71. The second-order valence-corrected chi connectivity index (χ2v) is 12.0. The van der Waals surface area contributed by atoms with Crippen LogP contribution < -0.4 is 4.74 Å². The summed E-state index contributed by atoms with van der Waals surface area (Å²) in [4.78, 5) is 20.4. The quantitative estimate of drug-likeness (QED) is 0.530. The van der Waals surface area contributed by atoms with Crippen molar-refractivity contribution in [2.75, 3.05) is 52.9 Å². The number of nitrogens with zero attached hydrogens (tertiary/aromatic N) is 3. The highest BCUT2D eigenvalue weighted by Crippen LogP contribution is 2.42. The Balaban J connectivity index is 1.17. The summed E-state index contributed by atoms with van der Waals surface area (Å²) in [6, 6.07) is 19.3. The van der Waals surface area contributed by atoms with Gasteiger partial charge >= 0.3 is 0 Å². The predicted molar refractivity (Wildman–Crippen MR) is 145 cm³/mol. The molecule has 0 aliphatic carbocycles. The first-order valence-electron chi connectivity index (χ1n) is 13.8. The zero-order chi connectivity index (χ0) is 25.1. The largest absolute Gasteiger partial charge is 0.497 e. The Labute approximate surface area is 217 Å². The van der Waals surface area contributed by atoms with Crippen molar-refractivity contribution >= 4 is 5.91 Å². The minimum atomic E-state index is 0.165. The number of hydrogen-bond acceptors (Lipinski definition) is 4. The Morgan fingerprint density at radius 1 is 0.972 bits per heavy atom. The van der Waals surface area contributed by atoms with Crippen LogP contribution in [0, 0.1) is 17.3 Å². The molecule has 3 aliphatic rings. The summed E-state index contributed by atoms with van der Waals surface area (Å²) in [6.45, 7) is 13.3. The van der Waals surface area contributed by atoms with E-state index in [0.717, 1.165) is 44.6 Å². The van der Waals surface area contributed by atoms with Crippen LogP contribution in [0.4, 0.5) is 0 Å². The van der Waals surface area contributed by atoms with E-state index in [4.69, 9.17) is 4.74 Å². The summed E-state index contributed by atoms with van der Waals surface area (Å²) < 4.78 is 5.27. The molecule has 1 amide bonds. The molecule has 3 saturated heterocycles. The van der Waals surface area contributed by atoms with E-state index in [1.165, 1.54) is 37.3 Å². The molecule has 1 spiro atoms. The van der Waals surface area contributed by atoms with Crippen LogP contribution in [0.15, 0.2) is 54.6 Å². The highest BCUT2D eigenvalue weighted by molar-refractivity contribution is 5.79. The minimum absolute atomic E-state index is 0.165. The van der Waals surface area contributed by atoms with Crippen molar-refractivity contribution in [3.63, 3.8) is 0 Å². The van der Waals surface area contributed by atoms with Gasteiger partial charge in [-0.2, -0.15) is 0 Å². The summed E-state index contributed by atoms with van der Waals surface area (Å²) in [5.74, 6) is 3.18. The van der Waals surface area contributed by atoms with Crippen LogP contribution in [0.3, 0.4) is 0 Å². The van der Waals surface area contributed by atoms with Crippen molar-refractivity contribution < 1.29 is 9.53 Å². The first-order valence-corrected chi connectivity index (χ1v) is 13.8. The van der Waals surface area contributed by atoms with Gasteiger partial charge in [-0.1, -0.05) is 56.3 Å². The van der Waals surface area contributed by atoms with Gasteiger partial charge in [0.25, 0.3) is 0 Å². The third kappa shape index (κ3) is 5.78. The molecule has 0 aromatic heterocycles. The van der Waals surface area contributed by atoms with Gasteiger partial charge < -0.3 is 19.4 Å². The number of amides is 1. The molecule has 0 saturated carbocycles. The average Bonchev–Trinajstić information content (AvgIpc) is 3.41. The maximum atomic E-state index is 12.9. The molecular weight excluding hydrogens is 446 g/mol. The van der Waals surface area contributed by atoms with E-state index in [2.05, 4.69) is 71.0 Å². The van der Waals surface area contributed by atoms with E-state index in [9.17, 15) is 4.79 Å². The highest BCUT2D eigenvalue weighted by atomic mass is 16.5. The molecule has 194 valence electrons. The number of ether oxygens (including phenoxy) is 1. The van der Waals surface area contributed by atoms with Gasteiger partial charge in [0, 0.05) is 51.6 Å². The van der Waals surface area contributed by atoms with Crippen molar-refractivity contribution in [2.45, 2.75) is 45.6 Å². The molecule has 2 atom stereocenters. The third-order valence-electron chi connectivity index (χ3n) is 8.71. The van der Waals surface area contributed by atoms with Crippen LogP contribution in [0.25, 0.3) is 0 Å². The molecule has 5 heteroatoms. The number of carbonyl (C=O) groups excluding carboxylic acids is 1. The van der Waals surface area contributed by atoms with Gasteiger partial charge in [0.1, 0.15) is 5.75 Å². The topological polar surface area (TPSA) is 36.0 Å². The van der Waals surface area contributed by atoms with Crippen molar-refractivity contribution in [3.8, 4) is 5.75 Å². The zero-order valence-electron chi connectivity index (χ0n) is 22.4. The predicted octanol–water partition coefficient (Wildman–Crippen LogP) is 4.88. The molecule has 3 heterocycles. The fraction of sp³-hybridized carbons (Fsp3) is 0.581. The molecule has 0 radical (unpaired) electrons. The SMILES string of the molecule is COc1ccc(CN2CC3(CCN(C[C@H]4CN(CC(C)C)C[C@@H]4c4ccccc4)CC3)CC2=O)cc1. The van der Waals surface area contributed by atoms with Crippen LogP contribution >= 0.6 is 0 Å². The number of hydrogen-bond donors (Lipinski definition) is 0. The normalized spacial score (nSPS) is 24.8.